The van der Waals surface area contributed by atoms with E-state index in [0.717, 1.165) is 49.1 Å². The summed E-state index contributed by atoms with van der Waals surface area (Å²) >= 11 is 0. The third kappa shape index (κ3) is 6.92. The lowest BCUT2D eigenvalue weighted by Crippen LogP contribution is -2.67. The predicted octanol–water partition coefficient (Wildman–Crippen LogP) is 5.31. The molecule has 7 nitrogen and oxygen atoms in total. The maximum atomic E-state index is 14.1. The van der Waals surface area contributed by atoms with Gasteiger partial charge in [-0.2, -0.15) is 0 Å². The van der Waals surface area contributed by atoms with Gasteiger partial charge in [0.2, 0.25) is 0 Å². The van der Waals surface area contributed by atoms with Crippen LogP contribution in [0.5, 0.6) is 5.75 Å². The van der Waals surface area contributed by atoms with Crippen LogP contribution >= 0.6 is 0 Å². The van der Waals surface area contributed by atoms with Gasteiger partial charge >= 0.3 is 0 Å². The molecule has 1 N–H and O–H groups in total. The molecule has 8 heteroatoms. The Kier molecular flexibility index (Phi) is 10.1. The highest BCUT2D eigenvalue weighted by Crippen LogP contribution is 2.50. The number of benzene rings is 2. The van der Waals surface area contributed by atoms with Crippen LogP contribution < -0.4 is 9.64 Å². The van der Waals surface area contributed by atoms with Gasteiger partial charge in [-0.15, -0.1) is 0 Å². The predicted molar refractivity (Wildman–Crippen MR) is 175 cm³/mol. The van der Waals surface area contributed by atoms with Crippen molar-refractivity contribution in [2.24, 2.45) is 5.41 Å². The molecule has 0 spiro atoms. The first-order chi connectivity index (χ1) is 20.6. The Hall–Kier alpha value is -2.13. The molecule has 238 valence electrons. The van der Waals surface area contributed by atoms with Gasteiger partial charge in [-0.05, 0) is 54.3 Å². The molecule has 2 aromatic carbocycles. The zero-order valence-corrected chi connectivity index (χ0v) is 27.7. The monoisotopic (exact) mass is 612 g/mol. The maximum Gasteiger partial charge on any atom is 0.179 e. The number of ether oxygens (including phenoxy) is 1. The quantitative estimate of drug-likeness (QED) is 0.244. The van der Waals surface area contributed by atoms with Crippen molar-refractivity contribution < 1.29 is 22.7 Å². The minimum Gasteiger partial charge on any atom is -0.493 e. The first-order valence-electron chi connectivity index (χ1n) is 16.6. The Morgan fingerprint density at radius 1 is 0.953 bits per heavy atom. The first kappa shape index (κ1) is 32.3. The number of rotatable bonds is 13. The lowest BCUT2D eigenvalue weighted by atomic mass is 9.68. The van der Waals surface area contributed by atoms with Crippen molar-refractivity contribution in [2.45, 2.75) is 75.7 Å². The summed E-state index contributed by atoms with van der Waals surface area (Å²) in [6, 6.07) is 13.7. The molecule has 4 aliphatic heterocycles. The Morgan fingerprint density at radius 2 is 1.58 bits per heavy atom. The van der Waals surface area contributed by atoms with Crippen LogP contribution in [0.25, 0.3) is 0 Å². The summed E-state index contributed by atoms with van der Waals surface area (Å²) in [5, 5.41) is 12.4. The second-order valence-corrected chi connectivity index (χ2v) is 15.7. The van der Waals surface area contributed by atoms with Crippen LogP contribution in [0.15, 0.2) is 47.4 Å². The molecule has 3 fully saturated rings. The molecule has 2 bridgehead atoms. The molecule has 2 atom stereocenters. The lowest BCUT2D eigenvalue weighted by molar-refractivity contribution is -0.941. The average Bonchev–Trinajstić information content (AvgIpc) is 3.08. The zero-order valence-electron chi connectivity index (χ0n) is 26.9. The summed E-state index contributed by atoms with van der Waals surface area (Å²) in [6.45, 7) is 13.6. The molecule has 4 aliphatic rings. The fourth-order valence-electron chi connectivity index (χ4n) is 7.82. The van der Waals surface area contributed by atoms with Crippen LogP contribution in [0.3, 0.4) is 0 Å². The number of nitrogens with zero attached hydrogens (tertiary/aromatic N) is 3. The fourth-order valence-corrected chi connectivity index (χ4v) is 10.0. The van der Waals surface area contributed by atoms with Gasteiger partial charge in [-0.25, -0.2) is 8.42 Å². The summed E-state index contributed by atoms with van der Waals surface area (Å²) in [7, 11) is 0.323. The molecular formula is C35H54N3O4S+. The number of aliphatic hydroxyl groups is 1. The van der Waals surface area contributed by atoms with E-state index in [1.165, 1.54) is 50.3 Å². The van der Waals surface area contributed by atoms with Gasteiger partial charge in [0.15, 0.2) is 9.84 Å². The van der Waals surface area contributed by atoms with Crippen LogP contribution in [-0.2, 0) is 9.84 Å². The Balaban J connectivity index is 1.42. The van der Waals surface area contributed by atoms with Gasteiger partial charge in [0.05, 0.1) is 49.5 Å². The van der Waals surface area contributed by atoms with E-state index >= 15 is 0 Å². The number of anilines is 1. The van der Waals surface area contributed by atoms with E-state index < -0.39 is 27.3 Å². The number of quaternary nitrogens is 1. The van der Waals surface area contributed by atoms with Gasteiger partial charge in [0.25, 0.3) is 0 Å². The van der Waals surface area contributed by atoms with Crippen LogP contribution in [0.1, 0.15) is 75.8 Å². The maximum absolute atomic E-state index is 14.1. The Labute approximate surface area is 260 Å². The summed E-state index contributed by atoms with van der Waals surface area (Å²) < 4.78 is 35.6. The smallest absolute Gasteiger partial charge is 0.179 e. The number of unbranched alkanes of at least 4 members (excludes halogenated alkanes) is 2. The molecule has 0 amide bonds. The van der Waals surface area contributed by atoms with Crippen LogP contribution in [0.2, 0.25) is 0 Å². The molecule has 4 heterocycles. The van der Waals surface area contributed by atoms with E-state index in [2.05, 4.69) is 18.7 Å². The molecular weight excluding hydrogens is 558 g/mol. The van der Waals surface area contributed by atoms with Crippen molar-refractivity contribution in [2.75, 3.05) is 77.2 Å². The van der Waals surface area contributed by atoms with Gasteiger partial charge in [-0.3, -0.25) is 4.90 Å². The van der Waals surface area contributed by atoms with Crippen molar-refractivity contribution in [3.05, 3.63) is 53.6 Å². The Bertz CT molecular complexity index is 1300. The number of aliphatic hydroxyl groups excluding tert-OH is 1. The average molecular weight is 613 g/mol. The van der Waals surface area contributed by atoms with Crippen molar-refractivity contribution in [1.29, 1.82) is 0 Å². The molecule has 6 rings (SSSR count). The molecule has 0 aromatic heterocycles. The molecule has 2 aromatic rings. The highest BCUT2D eigenvalue weighted by atomic mass is 32.2. The zero-order chi connectivity index (χ0) is 30.7. The molecule has 43 heavy (non-hydrogen) atoms. The highest BCUT2D eigenvalue weighted by molar-refractivity contribution is 7.91. The number of fused-ring (bicyclic) bond motifs is 4. The number of piperazine rings is 3. The van der Waals surface area contributed by atoms with Gasteiger partial charge in [0, 0.05) is 57.2 Å². The number of hydrogen-bond donors (Lipinski definition) is 1. The summed E-state index contributed by atoms with van der Waals surface area (Å²) in [5.41, 5.74) is 1.88. The molecule has 1 unspecified atom stereocenters. The lowest BCUT2D eigenvalue weighted by Gasteiger charge is -2.50. The standard InChI is InChI=1S/C35H54N3O4S/c1-5-7-16-35(17-8-6-2)27-43(40,41)32-15-12-29(36(3)4)26-31(32)33(34(35)39)28-10-13-30(14-11-28)42-25-9-21-38-22-18-37(19-23-38)20-24-38/h10-15,26,33-34,39H,5-9,16-25,27H2,1-4H3/q+1/t33-,34?/m1/s1. The van der Waals surface area contributed by atoms with Gasteiger partial charge in [-0.1, -0.05) is 51.7 Å². The largest absolute Gasteiger partial charge is 0.493 e. The first-order valence-corrected chi connectivity index (χ1v) is 18.3. The third-order valence-corrected chi connectivity index (χ3v) is 12.6. The molecule has 0 radical (unpaired) electrons. The molecule has 0 saturated carbocycles. The van der Waals surface area contributed by atoms with E-state index in [-0.39, 0.29) is 5.75 Å². The van der Waals surface area contributed by atoms with E-state index in [9.17, 15) is 13.5 Å². The van der Waals surface area contributed by atoms with E-state index in [1.807, 2.05) is 55.4 Å². The number of sulfone groups is 1. The topological polar surface area (TPSA) is 70.1 Å². The van der Waals surface area contributed by atoms with Crippen molar-refractivity contribution in [1.82, 2.24) is 4.90 Å². The summed E-state index contributed by atoms with van der Waals surface area (Å²) in [4.78, 5) is 4.94. The van der Waals surface area contributed by atoms with Gasteiger partial charge < -0.3 is 19.2 Å². The van der Waals surface area contributed by atoms with Crippen LogP contribution in [0, 0.1) is 5.41 Å². The van der Waals surface area contributed by atoms with Crippen molar-refractivity contribution >= 4 is 15.5 Å². The second-order valence-electron chi connectivity index (χ2n) is 13.7. The van der Waals surface area contributed by atoms with E-state index in [4.69, 9.17) is 4.74 Å². The summed E-state index contributed by atoms with van der Waals surface area (Å²) in [6.07, 6.45) is 5.35. The van der Waals surface area contributed by atoms with Crippen LogP contribution in [0.4, 0.5) is 5.69 Å². The molecule has 3 saturated heterocycles. The van der Waals surface area contributed by atoms with Gasteiger partial charge in [0.1, 0.15) is 5.75 Å². The normalized spacial score (nSPS) is 27.3. The van der Waals surface area contributed by atoms with Crippen LogP contribution in [-0.4, -0.2) is 101 Å². The Morgan fingerprint density at radius 3 is 2.16 bits per heavy atom. The highest BCUT2D eigenvalue weighted by Gasteiger charge is 2.49. The van der Waals surface area contributed by atoms with Crippen molar-refractivity contribution in [3.63, 3.8) is 0 Å². The van der Waals surface area contributed by atoms with Crippen molar-refractivity contribution in [3.8, 4) is 5.75 Å². The van der Waals surface area contributed by atoms with E-state index in [1.54, 1.807) is 6.07 Å². The fraction of sp³-hybridized carbons (Fsp3) is 0.657. The second kappa shape index (κ2) is 13.5. The third-order valence-electron chi connectivity index (χ3n) is 10.6. The summed E-state index contributed by atoms with van der Waals surface area (Å²) in [5.74, 6) is 0.377. The van der Waals surface area contributed by atoms with E-state index in [0.29, 0.717) is 29.9 Å². The minimum absolute atomic E-state index is 0.00873. The number of hydrogen-bond acceptors (Lipinski definition) is 6. The molecule has 0 aliphatic carbocycles. The minimum atomic E-state index is -3.61. The SMILES string of the molecule is CCCCC1(CCCC)CS(=O)(=O)c2ccc(N(C)C)cc2[C@@H](c2ccc(OCCC[N+]34CCN(CC3)CC4)cc2)C1O.